The van der Waals surface area contributed by atoms with Gasteiger partial charge in [-0.25, -0.2) is 4.98 Å². The summed E-state index contributed by atoms with van der Waals surface area (Å²) in [5, 5.41) is 16.1. The van der Waals surface area contributed by atoms with Crippen molar-refractivity contribution in [3.05, 3.63) is 30.3 Å². The van der Waals surface area contributed by atoms with E-state index in [2.05, 4.69) is 30.2 Å². The first-order valence-electron chi connectivity index (χ1n) is 10.9. The van der Waals surface area contributed by atoms with Crippen molar-refractivity contribution in [3.8, 4) is 17.0 Å². The molecule has 11 heteroatoms. The van der Waals surface area contributed by atoms with Crippen LogP contribution in [0.1, 0.15) is 13.8 Å². The van der Waals surface area contributed by atoms with Crippen LogP contribution in [0.4, 0.5) is 24.9 Å². The smallest absolute Gasteiger partial charge is 0.406 e. The van der Waals surface area contributed by atoms with Gasteiger partial charge in [0, 0.05) is 37.8 Å². The van der Waals surface area contributed by atoms with Crippen LogP contribution in [0.15, 0.2) is 30.3 Å². The highest BCUT2D eigenvalue weighted by atomic mass is 19.4. The first-order valence-corrected chi connectivity index (χ1v) is 10.9. The predicted molar refractivity (Wildman–Crippen MR) is 119 cm³/mol. The fourth-order valence-corrected chi connectivity index (χ4v) is 3.36. The van der Waals surface area contributed by atoms with Gasteiger partial charge in [0.25, 0.3) is 0 Å². The van der Waals surface area contributed by atoms with Crippen molar-refractivity contribution in [1.82, 2.24) is 14.9 Å². The standard InChI is InChI=1S/C22H30F3N5O3/c1-15(2)19(14-31)28-21-27-18(16-4-3-5-17(12-16)33-22(23,24)25)13-20(29-21)26-6-7-30-8-10-32-11-9-30/h3-5,12-13,15,19,31H,6-11,14H2,1-2H3,(H2,26,27,28,29)/t19-/m0/s1. The maximum atomic E-state index is 12.7. The molecule has 1 fully saturated rings. The fourth-order valence-electron chi connectivity index (χ4n) is 3.36. The number of alkyl halides is 3. The number of nitrogens with zero attached hydrogens (tertiary/aromatic N) is 3. The maximum Gasteiger partial charge on any atom is 0.573 e. The van der Waals surface area contributed by atoms with Crippen LogP contribution < -0.4 is 15.4 Å². The van der Waals surface area contributed by atoms with E-state index < -0.39 is 6.36 Å². The molecule has 1 atom stereocenters. The second-order valence-corrected chi connectivity index (χ2v) is 8.10. The second-order valence-electron chi connectivity index (χ2n) is 8.10. The van der Waals surface area contributed by atoms with Gasteiger partial charge in [0.1, 0.15) is 11.6 Å². The Morgan fingerprint density at radius 2 is 1.94 bits per heavy atom. The predicted octanol–water partition coefficient (Wildman–Crippen LogP) is 3.22. The summed E-state index contributed by atoms with van der Waals surface area (Å²) in [5.74, 6) is 0.587. The van der Waals surface area contributed by atoms with Gasteiger partial charge >= 0.3 is 6.36 Å². The van der Waals surface area contributed by atoms with Crippen molar-refractivity contribution in [3.63, 3.8) is 0 Å². The molecular formula is C22H30F3N5O3. The lowest BCUT2D eigenvalue weighted by Crippen LogP contribution is -2.39. The van der Waals surface area contributed by atoms with Gasteiger partial charge in [0.05, 0.1) is 31.6 Å². The van der Waals surface area contributed by atoms with E-state index in [1.807, 2.05) is 13.8 Å². The van der Waals surface area contributed by atoms with Crippen molar-refractivity contribution >= 4 is 11.8 Å². The summed E-state index contributed by atoms with van der Waals surface area (Å²) in [6, 6.07) is 7.05. The third-order valence-electron chi connectivity index (χ3n) is 5.24. The molecule has 1 saturated heterocycles. The Hall–Kier alpha value is -2.63. The number of hydrogen-bond donors (Lipinski definition) is 3. The molecule has 8 nitrogen and oxygen atoms in total. The molecule has 0 bridgehead atoms. The van der Waals surface area contributed by atoms with Crippen LogP contribution in [0, 0.1) is 5.92 Å². The van der Waals surface area contributed by atoms with Crippen molar-refractivity contribution in [2.75, 3.05) is 56.6 Å². The zero-order valence-corrected chi connectivity index (χ0v) is 18.7. The van der Waals surface area contributed by atoms with E-state index in [9.17, 15) is 18.3 Å². The molecule has 33 heavy (non-hydrogen) atoms. The molecule has 1 aliphatic rings. The SMILES string of the molecule is CC(C)[C@H](CO)Nc1nc(NCCN2CCOCC2)cc(-c2cccc(OC(F)(F)F)c2)n1. The van der Waals surface area contributed by atoms with Gasteiger partial charge in [-0.05, 0) is 18.1 Å². The second kappa shape index (κ2) is 11.5. The van der Waals surface area contributed by atoms with E-state index in [1.165, 1.54) is 18.2 Å². The lowest BCUT2D eigenvalue weighted by molar-refractivity contribution is -0.274. The molecule has 182 valence electrons. The Morgan fingerprint density at radius 1 is 1.18 bits per heavy atom. The summed E-state index contributed by atoms with van der Waals surface area (Å²) in [5.41, 5.74) is 0.873. The summed E-state index contributed by atoms with van der Waals surface area (Å²) in [7, 11) is 0. The molecule has 0 saturated carbocycles. The van der Waals surface area contributed by atoms with Crippen LogP contribution in [0.5, 0.6) is 5.75 Å². The molecule has 2 aromatic rings. The van der Waals surface area contributed by atoms with Crippen molar-refractivity contribution in [2.24, 2.45) is 5.92 Å². The number of morpholine rings is 1. The molecule has 0 radical (unpaired) electrons. The number of hydrogen-bond acceptors (Lipinski definition) is 8. The number of aliphatic hydroxyl groups is 1. The number of rotatable bonds is 10. The van der Waals surface area contributed by atoms with Gasteiger partial charge in [0.2, 0.25) is 5.95 Å². The molecular weight excluding hydrogens is 439 g/mol. The minimum Gasteiger partial charge on any atom is -0.406 e. The molecule has 1 aliphatic heterocycles. The summed E-state index contributed by atoms with van der Waals surface area (Å²) in [6.45, 7) is 8.37. The molecule has 0 amide bonds. The normalized spacial score (nSPS) is 16.0. The van der Waals surface area contributed by atoms with Crippen molar-refractivity contribution in [1.29, 1.82) is 0 Å². The number of aliphatic hydroxyl groups excluding tert-OH is 1. The molecule has 3 rings (SSSR count). The monoisotopic (exact) mass is 469 g/mol. The summed E-state index contributed by atoms with van der Waals surface area (Å²) >= 11 is 0. The van der Waals surface area contributed by atoms with Gasteiger partial charge in [0.15, 0.2) is 0 Å². The van der Waals surface area contributed by atoms with E-state index >= 15 is 0 Å². The fraction of sp³-hybridized carbons (Fsp3) is 0.545. The van der Waals surface area contributed by atoms with Crippen molar-refractivity contribution in [2.45, 2.75) is 26.3 Å². The van der Waals surface area contributed by atoms with E-state index in [0.717, 1.165) is 19.6 Å². The van der Waals surface area contributed by atoms with E-state index in [-0.39, 0.29) is 30.3 Å². The van der Waals surface area contributed by atoms with Gasteiger partial charge in [-0.3, -0.25) is 4.90 Å². The third kappa shape index (κ3) is 8.02. The first kappa shape index (κ1) is 25.0. The third-order valence-corrected chi connectivity index (χ3v) is 5.24. The summed E-state index contributed by atoms with van der Waals surface area (Å²) in [6.07, 6.45) is -4.78. The van der Waals surface area contributed by atoms with Crippen molar-refractivity contribution < 1.29 is 27.8 Å². The number of anilines is 2. The van der Waals surface area contributed by atoms with Gasteiger partial charge in [-0.1, -0.05) is 26.0 Å². The molecule has 0 spiro atoms. The number of benzene rings is 1. The minimum absolute atomic E-state index is 0.111. The Labute approximate surface area is 191 Å². The Kier molecular flexibility index (Phi) is 8.70. The summed E-state index contributed by atoms with van der Waals surface area (Å²) < 4.78 is 47.4. The van der Waals surface area contributed by atoms with Gasteiger partial charge in [-0.2, -0.15) is 4.98 Å². The highest BCUT2D eigenvalue weighted by molar-refractivity contribution is 5.66. The highest BCUT2D eigenvalue weighted by Crippen LogP contribution is 2.29. The first-order chi connectivity index (χ1) is 15.7. The molecule has 0 aliphatic carbocycles. The number of nitrogens with one attached hydrogen (secondary N) is 2. The largest absolute Gasteiger partial charge is 0.573 e. The Morgan fingerprint density at radius 3 is 2.61 bits per heavy atom. The van der Waals surface area contributed by atoms with Crippen LogP contribution in [0.3, 0.4) is 0 Å². The average molecular weight is 470 g/mol. The number of halogens is 3. The van der Waals surface area contributed by atoms with Crippen LogP contribution in [0.25, 0.3) is 11.3 Å². The van der Waals surface area contributed by atoms with Gasteiger partial charge < -0.3 is 25.2 Å². The average Bonchev–Trinajstić information content (AvgIpc) is 2.77. The van der Waals surface area contributed by atoms with Crippen LogP contribution in [0.2, 0.25) is 0 Å². The molecule has 2 heterocycles. The van der Waals surface area contributed by atoms with Crippen LogP contribution in [-0.4, -0.2) is 78.4 Å². The summed E-state index contributed by atoms with van der Waals surface area (Å²) in [4.78, 5) is 11.2. The molecule has 0 unspecified atom stereocenters. The zero-order valence-electron chi connectivity index (χ0n) is 18.7. The lowest BCUT2D eigenvalue weighted by Gasteiger charge is -2.26. The lowest BCUT2D eigenvalue weighted by atomic mass is 10.1. The molecule has 3 N–H and O–H groups in total. The quantitative estimate of drug-likeness (QED) is 0.489. The van der Waals surface area contributed by atoms with Crippen LogP contribution >= 0.6 is 0 Å². The van der Waals surface area contributed by atoms with E-state index in [4.69, 9.17) is 4.74 Å². The molecule has 1 aromatic carbocycles. The number of ether oxygens (including phenoxy) is 2. The minimum atomic E-state index is -4.78. The topological polar surface area (TPSA) is 91.8 Å². The Balaban J connectivity index is 1.82. The van der Waals surface area contributed by atoms with E-state index in [0.29, 0.717) is 36.8 Å². The zero-order chi connectivity index (χ0) is 23.8. The molecule has 1 aromatic heterocycles. The van der Waals surface area contributed by atoms with E-state index in [1.54, 1.807) is 12.1 Å². The maximum absolute atomic E-state index is 12.7. The Bertz CT molecular complexity index is 892. The highest BCUT2D eigenvalue weighted by Gasteiger charge is 2.31. The number of aromatic nitrogens is 2. The van der Waals surface area contributed by atoms with Crippen LogP contribution in [-0.2, 0) is 4.74 Å². The van der Waals surface area contributed by atoms with Gasteiger partial charge in [-0.15, -0.1) is 13.2 Å².